The van der Waals surface area contributed by atoms with Gasteiger partial charge in [-0.1, -0.05) is 0 Å². The minimum Gasteiger partial charge on any atom is -0.493 e. The van der Waals surface area contributed by atoms with Crippen molar-refractivity contribution in [3.05, 3.63) is 41.0 Å². The van der Waals surface area contributed by atoms with E-state index < -0.39 is 0 Å². The van der Waals surface area contributed by atoms with E-state index in [1.165, 1.54) is 5.56 Å². The van der Waals surface area contributed by atoms with E-state index in [1.807, 2.05) is 17.0 Å². The number of H-pyrrole nitrogens is 1. The van der Waals surface area contributed by atoms with Gasteiger partial charge in [-0.25, -0.2) is 4.98 Å². The smallest absolute Gasteiger partial charge is 0.246 e. The summed E-state index contributed by atoms with van der Waals surface area (Å²) >= 11 is 0. The number of ether oxygens (including phenoxy) is 2. The number of fused-ring (bicyclic) bond motifs is 2. The third-order valence-corrected chi connectivity index (χ3v) is 5.03. The third-order valence-electron chi connectivity index (χ3n) is 5.03. The molecule has 1 aromatic heterocycles. The minimum absolute atomic E-state index is 0.0773. The summed E-state index contributed by atoms with van der Waals surface area (Å²) in [5.74, 6) is 1.51. The van der Waals surface area contributed by atoms with Crippen LogP contribution in [0, 0.1) is 0 Å². The van der Waals surface area contributed by atoms with Crippen LogP contribution in [0.4, 0.5) is 0 Å². The van der Waals surface area contributed by atoms with E-state index in [0.717, 1.165) is 42.1 Å². The van der Waals surface area contributed by atoms with Gasteiger partial charge in [0.2, 0.25) is 5.91 Å². The fraction of sp³-hybridized carbons (Fsp3) is 0.444. The van der Waals surface area contributed by atoms with Gasteiger partial charge in [-0.05, 0) is 29.7 Å². The van der Waals surface area contributed by atoms with E-state index >= 15 is 0 Å². The van der Waals surface area contributed by atoms with Gasteiger partial charge in [0.25, 0.3) is 0 Å². The molecule has 2 aliphatic heterocycles. The number of methoxy groups -OCH3 is 2. The molecule has 2 aromatic rings. The Morgan fingerprint density at radius 3 is 2.72 bits per heavy atom. The fourth-order valence-electron chi connectivity index (χ4n) is 3.68. The van der Waals surface area contributed by atoms with E-state index in [4.69, 9.17) is 9.47 Å². The zero-order chi connectivity index (χ0) is 17.4. The van der Waals surface area contributed by atoms with Crippen molar-refractivity contribution in [3.63, 3.8) is 0 Å². The summed E-state index contributed by atoms with van der Waals surface area (Å²) in [6.07, 6.45) is 3.35. The maximum Gasteiger partial charge on any atom is 0.246 e. The molecule has 0 radical (unpaired) electrons. The number of aromatic amines is 1. The van der Waals surface area contributed by atoms with Crippen molar-refractivity contribution in [2.75, 3.05) is 27.3 Å². The first-order valence-corrected chi connectivity index (χ1v) is 8.49. The lowest BCUT2D eigenvalue weighted by Gasteiger charge is -2.33. The quantitative estimate of drug-likeness (QED) is 0.876. The number of amides is 1. The second kappa shape index (κ2) is 6.40. The van der Waals surface area contributed by atoms with Crippen LogP contribution < -0.4 is 14.8 Å². The van der Waals surface area contributed by atoms with E-state index in [2.05, 4.69) is 15.3 Å². The van der Waals surface area contributed by atoms with Gasteiger partial charge in [-0.3, -0.25) is 4.79 Å². The number of carbonyl (C=O) groups excluding carboxylic acids is 1. The largest absolute Gasteiger partial charge is 0.493 e. The summed E-state index contributed by atoms with van der Waals surface area (Å²) in [6.45, 7) is 2.05. The van der Waals surface area contributed by atoms with Crippen molar-refractivity contribution in [1.82, 2.24) is 20.2 Å². The minimum atomic E-state index is -0.364. The Hall–Kier alpha value is -2.54. The number of aromatic nitrogens is 2. The lowest BCUT2D eigenvalue weighted by Crippen LogP contribution is -2.45. The summed E-state index contributed by atoms with van der Waals surface area (Å²) in [7, 11) is 3.26. The molecular formula is C18H22N4O3. The topological polar surface area (TPSA) is 79.5 Å². The van der Waals surface area contributed by atoms with Gasteiger partial charge < -0.3 is 24.7 Å². The van der Waals surface area contributed by atoms with Crippen LogP contribution in [0.5, 0.6) is 11.5 Å². The number of hydrogen-bond acceptors (Lipinski definition) is 5. The van der Waals surface area contributed by atoms with E-state index in [0.29, 0.717) is 18.8 Å². The first-order chi connectivity index (χ1) is 12.2. The highest BCUT2D eigenvalue weighted by molar-refractivity contribution is 5.83. The number of hydrogen-bond donors (Lipinski definition) is 2. The molecule has 7 heteroatoms. The Labute approximate surface area is 146 Å². The number of carbonyl (C=O) groups is 1. The highest BCUT2D eigenvalue weighted by Gasteiger charge is 2.33. The second-order valence-electron chi connectivity index (χ2n) is 6.39. The molecule has 1 atom stereocenters. The molecule has 0 bridgehead atoms. The van der Waals surface area contributed by atoms with Gasteiger partial charge in [0.15, 0.2) is 11.5 Å². The predicted octanol–water partition coefficient (Wildman–Crippen LogP) is 1.20. The summed E-state index contributed by atoms with van der Waals surface area (Å²) < 4.78 is 10.8. The molecule has 1 aromatic carbocycles. The number of imidazole rings is 1. The molecule has 7 nitrogen and oxygen atoms in total. The van der Waals surface area contributed by atoms with E-state index in [1.54, 1.807) is 20.5 Å². The van der Waals surface area contributed by atoms with Crippen LogP contribution in [0.1, 0.15) is 28.6 Å². The second-order valence-corrected chi connectivity index (χ2v) is 6.39. The van der Waals surface area contributed by atoms with Gasteiger partial charge in [0.05, 0.1) is 26.2 Å². The van der Waals surface area contributed by atoms with Crippen molar-refractivity contribution < 1.29 is 14.3 Å². The molecule has 1 amide bonds. The van der Waals surface area contributed by atoms with Crippen molar-refractivity contribution in [2.45, 2.75) is 25.4 Å². The maximum atomic E-state index is 13.1. The Morgan fingerprint density at radius 2 is 1.96 bits per heavy atom. The Bertz CT molecular complexity index is 802. The first kappa shape index (κ1) is 16.0. The number of nitrogens with zero attached hydrogens (tertiary/aromatic N) is 2. The van der Waals surface area contributed by atoms with Crippen LogP contribution in [0.25, 0.3) is 0 Å². The van der Waals surface area contributed by atoms with E-state index in [9.17, 15) is 4.79 Å². The summed E-state index contributed by atoms with van der Waals surface area (Å²) in [4.78, 5) is 22.4. The molecule has 0 saturated carbocycles. The van der Waals surface area contributed by atoms with Gasteiger partial charge in [0.1, 0.15) is 6.04 Å². The third kappa shape index (κ3) is 2.74. The molecule has 0 unspecified atom stereocenters. The maximum absolute atomic E-state index is 13.1. The molecule has 0 spiro atoms. The molecule has 2 N–H and O–H groups in total. The lowest BCUT2D eigenvalue weighted by atomic mass is 9.97. The standard InChI is InChI=1S/C18H22N4O3/c1-24-14-7-11-4-6-22(9-12(11)8-15(14)25-2)18(23)17-16-13(3-5-19-17)20-10-21-16/h7-8,10,17,19H,3-6,9H2,1-2H3,(H,20,21)/t17-/m0/s1. The molecule has 2 aliphatic rings. The van der Waals surface area contributed by atoms with Gasteiger partial charge in [-0.15, -0.1) is 0 Å². The molecule has 4 rings (SSSR count). The van der Waals surface area contributed by atoms with E-state index in [-0.39, 0.29) is 11.9 Å². The van der Waals surface area contributed by atoms with Gasteiger partial charge >= 0.3 is 0 Å². The van der Waals surface area contributed by atoms with Crippen LogP contribution in [-0.4, -0.2) is 48.1 Å². The molecular weight excluding hydrogens is 320 g/mol. The lowest BCUT2D eigenvalue weighted by molar-refractivity contribution is -0.134. The van der Waals surface area contributed by atoms with Crippen LogP contribution in [0.3, 0.4) is 0 Å². The molecule has 0 fully saturated rings. The number of nitrogens with one attached hydrogen (secondary N) is 2. The molecule has 0 aliphatic carbocycles. The van der Waals surface area contributed by atoms with Crippen LogP contribution in [0.15, 0.2) is 18.5 Å². The Morgan fingerprint density at radius 1 is 1.20 bits per heavy atom. The highest BCUT2D eigenvalue weighted by atomic mass is 16.5. The van der Waals surface area contributed by atoms with Crippen molar-refractivity contribution in [2.24, 2.45) is 0 Å². The average molecular weight is 342 g/mol. The predicted molar refractivity (Wildman–Crippen MR) is 91.7 cm³/mol. The fourth-order valence-corrected chi connectivity index (χ4v) is 3.68. The van der Waals surface area contributed by atoms with Crippen LogP contribution in [-0.2, 0) is 24.2 Å². The summed E-state index contributed by atoms with van der Waals surface area (Å²) in [5.41, 5.74) is 4.20. The Kier molecular flexibility index (Phi) is 4.09. The first-order valence-electron chi connectivity index (χ1n) is 8.49. The Balaban J connectivity index is 1.58. The van der Waals surface area contributed by atoms with Crippen molar-refractivity contribution >= 4 is 5.91 Å². The van der Waals surface area contributed by atoms with Crippen LogP contribution >= 0.6 is 0 Å². The number of benzene rings is 1. The van der Waals surface area contributed by atoms with Crippen molar-refractivity contribution in [3.8, 4) is 11.5 Å². The van der Waals surface area contributed by atoms with Crippen LogP contribution in [0.2, 0.25) is 0 Å². The monoisotopic (exact) mass is 342 g/mol. The van der Waals surface area contributed by atoms with Gasteiger partial charge in [-0.2, -0.15) is 0 Å². The SMILES string of the molecule is COc1cc2c(cc1OC)CN(C(=O)[C@H]1NCCc3[nH]cnc31)CC2. The summed E-state index contributed by atoms with van der Waals surface area (Å²) in [5, 5.41) is 3.30. The molecule has 132 valence electrons. The zero-order valence-electron chi connectivity index (χ0n) is 14.5. The zero-order valence-corrected chi connectivity index (χ0v) is 14.5. The molecule has 3 heterocycles. The highest BCUT2D eigenvalue weighted by Crippen LogP contribution is 2.34. The molecule has 25 heavy (non-hydrogen) atoms. The average Bonchev–Trinajstić information content (AvgIpc) is 3.14. The normalized spacial score (nSPS) is 19.1. The van der Waals surface area contributed by atoms with Gasteiger partial charge in [0, 0.05) is 31.7 Å². The molecule has 0 saturated heterocycles. The number of rotatable bonds is 3. The summed E-state index contributed by atoms with van der Waals surface area (Å²) in [6, 6.07) is 3.62. The van der Waals surface area contributed by atoms with Crippen molar-refractivity contribution in [1.29, 1.82) is 0 Å².